The first-order valence-electron chi connectivity index (χ1n) is 4.71. The highest BCUT2D eigenvalue weighted by Gasteiger charge is 2.25. The average Bonchev–Trinajstić information content (AvgIpc) is 2.71. The second-order valence-electron chi connectivity index (χ2n) is 3.23. The molecule has 1 heterocycles. The molecule has 1 atom stereocenters. The number of thioether (sulfide) groups is 1. The van der Waals surface area contributed by atoms with Crippen LogP contribution < -0.4 is 0 Å². The van der Waals surface area contributed by atoms with Crippen LogP contribution in [0.25, 0.3) is 0 Å². The Morgan fingerprint density at radius 3 is 3.00 bits per heavy atom. The van der Waals surface area contributed by atoms with Gasteiger partial charge in [-0.25, -0.2) is 0 Å². The second-order valence-corrected chi connectivity index (χ2v) is 4.65. The third kappa shape index (κ3) is 3.33. The molecule has 0 aromatic heterocycles. The fourth-order valence-corrected chi connectivity index (χ4v) is 2.92. The molecule has 0 radical (unpaired) electrons. The van der Waals surface area contributed by atoms with Crippen molar-refractivity contribution in [1.29, 1.82) is 0 Å². The number of hydrogen-bond acceptors (Lipinski definition) is 3. The van der Waals surface area contributed by atoms with Gasteiger partial charge in [0.25, 0.3) is 0 Å². The summed E-state index contributed by atoms with van der Waals surface area (Å²) >= 11 is 7.46. The summed E-state index contributed by atoms with van der Waals surface area (Å²) < 4.78 is 4.98. The molecular formula is C9H16ClNO2S. The van der Waals surface area contributed by atoms with Gasteiger partial charge in [-0.2, -0.15) is 11.8 Å². The number of nitrogens with zero attached hydrogens (tertiary/aromatic N) is 1. The van der Waals surface area contributed by atoms with Gasteiger partial charge in [0.05, 0.1) is 6.61 Å². The standard InChI is InChI=1S/C9H16ClNO2S/c1-13-4-3-11(9(12)6-10)8-2-5-14-7-8/h8H,2-7H2,1H3. The molecule has 1 aliphatic heterocycles. The number of alkyl halides is 1. The zero-order chi connectivity index (χ0) is 10.4. The second kappa shape index (κ2) is 6.53. The largest absolute Gasteiger partial charge is 0.383 e. The topological polar surface area (TPSA) is 29.5 Å². The molecule has 1 amide bonds. The van der Waals surface area contributed by atoms with Crippen LogP contribution in [0.15, 0.2) is 0 Å². The highest BCUT2D eigenvalue weighted by atomic mass is 35.5. The average molecular weight is 238 g/mol. The maximum Gasteiger partial charge on any atom is 0.237 e. The summed E-state index contributed by atoms with van der Waals surface area (Å²) in [6.45, 7) is 1.25. The van der Waals surface area contributed by atoms with Crippen LogP contribution in [0.2, 0.25) is 0 Å². The van der Waals surface area contributed by atoms with E-state index in [1.807, 2.05) is 16.7 Å². The lowest BCUT2D eigenvalue weighted by Crippen LogP contribution is -2.43. The van der Waals surface area contributed by atoms with Gasteiger partial charge in [0.2, 0.25) is 5.91 Å². The Labute approximate surface area is 94.1 Å². The molecule has 1 saturated heterocycles. The molecule has 0 aliphatic carbocycles. The summed E-state index contributed by atoms with van der Waals surface area (Å²) in [5.74, 6) is 2.28. The predicted octanol–water partition coefficient (Wildman–Crippen LogP) is 1.21. The molecule has 5 heteroatoms. The van der Waals surface area contributed by atoms with Crippen LogP contribution >= 0.6 is 23.4 Å². The van der Waals surface area contributed by atoms with Crippen molar-refractivity contribution in [3.63, 3.8) is 0 Å². The fourth-order valence-electron chi connectivity index (χ4n) is 1.55. The number of carbonyl (C=O) groups is 1. The number of rotatable bonds is 5. The van der Waals surface area contributed by atoms with E-state index >= 15 is 0 Å². The van der Waals surface area contributed by atoms with Crippen molar-refractivity contribution in [2.45, 2.75) is 12.5 Å². The smallest absolute Gasteiger partial charge is 0.237 e. The Balaban J connectivity index is 2.46. The van der Waals surface area contributed by atoms with E-state index in [0.717, 1.165) is 17.9 Å². The number of carbonyl (C=O) groups excluding carboxylic acids is 1. The molecule has 0 aromatic rings. The summed E-state index contributed by atoms with van der Waals surface area (Å²) in [7, 11) is 1.65. The van der Waals surface area contributed by atoms with Gasteiger partial charge in [0, 0.05) is 25.4 Å². The number of amides is 1. The zero-order valence-corrected chi connectivity index (χ0v) is 9.94. The molecular weight excluding hydrogens is 222 g/mol. The Bertz CT molecular complexity index is 186. The van der Waals surface area contributed by atoms with E-state index in [0.29, 0.717) is 19.2 Å². The molecule has 1 unspecified atom stereocenters. The first kappa shape index (κ1) is 12.1. The van der Waals surface area contributed by atoms with Gasteiger partial charge in [0.1, 0.15) is 5.88 Å². The van der Waals surface area contributed by atoms with Crippen LogP contribution in [-0.2, 0) is 9.53 Å². The molecule has 0 N–H and O–H groups in total. The van der Waals surface area contributed by atoms with Gasteiger partial charge in [-0.05, 0) is 12.2 Å². The molecule has 0 saturated carbocycles. The quantitative estimate of drug-likeness (QED) is 0.674. The first-order valence-corrected chi connectivity index (χ1v) is 6.40. The first-order chi connectivity index (χ1) is 6.79. The Morgan fingerprint density at radius 1 is 1.71 bits per heavy atom. The van der Waals surface area contributed by atoms with Gasteiger partial charge in [-0.15, -0.1) is 11.6 Å². The van der Waals surface area contributed by atoms with E-state index in [4.69, 9.17) is 16.3 Å². The van der Waals surface area contributed by atoms with E-state index in [1.165, 1.54) is 0 Å². The van der Waals surface area contributed by atoms with E-state index in [2.05, 4.69) is 0 Å². The van der Waals surface area contributed by atoms with E-state index in [1.54, 1.807) is 7.11 Å². The van der Waals surface area contributed by atoms with Crippen molar-refractivity contribution in [2.75, 3.05) is 37.6 Å². The van der Waals surface area contributed by atoms with Crippen LogP contribution in [0.1, 0.15) is 6.42 Å². The summed E-state index contributed by atoms with van der Waals surface area (Å²) in [6, 6.07) is 0.362. The maximum atomic E-state index is 11.5. The lowest BCUT2D eigenvalue weighted by Gasteiger charge is -2.27. The Kier molecular flexibility index (Phi) is 5.67. The van der Waals surface area contributed by atoms with Crippen LogP contribution in [0.5, 0.6) is 0 Å². The van der Waals surface area contributed by atoms with Crippen molar-refractivity contribution in [1.82, 2.24) is 4.90 Å². The van der Waals surface area contributed by atoms with Crippen molar-refractivity contribution in [2.24, 2.45) is 0 Å². The van der Waals surface area contributed by atoms with Crippen molar-refractivity contribution < 1.29 is 9.53 Å². The SMILES string of the molecule is COCCN(C(=O)CCl)C1CCSC1. The minimum Gasteiger partial charge on any atom is -0.383 e. The van der Waals surface area contributed by atoms with Crippen molar-refractivity contribution in [3.05, 3.63) is 0 Å². The van der Waals surface area contributed by atoms with Crippen LogP contribution in [0.4, 0.5) is 0 Å². The summed E-state index contributed by atoms with van der Waals surface area (Å²) in [4.78, 5) is 13.4. The number of hydrogen-bond donors (Lipinski definition) is 0. The van der Waals surface area contributed by atoms with Crippen LogP contribution in [0, 0.1) is 0 Å². The number of methoxy groups -OCH3 is 1. The summed E-state index contributed by atoms with van der Waals surface area (Å²) in [6.07, 6.45) is 1.08. The predicted molar refractivity (Wildman–Crippen MR) is 60.0 cm³/mol. The number of halogens is 1. The normalized spacial score (nSPS) is 21.1. The van der Waals surface area contributed by atoms with Gasteiger partial charge >= 0.3 is 0 Å². The third-order valence-corrected chi connectivity index (χ3v) is 3.69. The highest BCUT2D eigenvalue weighted by Crippen LogP contribution is 2.22. The van der Waals surface area contributed by atoms with Crippen molar-refractivity contribution in [3.8, 4) is 0 Å². The van der Waals surface area contributed by atoms with Crippen molar-refractivity contribution >= 4 is 29.3 Å². The van der Waals surface area contributed by atoms with E-state index in [9.17, 15) is 4.79 Å². The van der Waals surface area contributed by atoms with E-state index in [-0.39, 0.29) is 11.8 Å². The molecule has 1 fully saturated rings. The van der Waals surface area contributed by atoms with Gasteiger partial charge in [0.15, 0.2) is 0 Å². The molecule has 1 aliphatic rings. The van der Waals surface area contributed by atoms with Crippen LogP contribution in [0.3, 0.4) is 0 Å². The lowest BCUT2D eigenvalue weighted by atomic mass is 10.2. The minimum absolute atomic E-state index is 0.0243. The van der Waals surface area contributed by atoms with Gasteiger partial charge in [-0.3, -0.25) is 4.79 Å². The molecule has 0 bridgehead atoms. The highest BCUT2D eigenvalue weighted by molar-refractivity contribution is 7.99. The summed E-state index contributed by atoms with van der Waals surface area (Å²) in [5, 5.41) is 0. The van der Waals surface area contributed by atoms with Gasteiger partial charge < -0.3 is 9.64 Å². The Morgan fingerprint density at radius 2 is 2.50 bits per heavy atom. The Hall–Kier alpha value is 0.0700. The number of ether oxygens (including phenoxy) is 1. The zero-order valence-electron chi connectivity index (χ0n) is 8.37. The third-order valence-electron chi connectivity index (χ3n) is 2.32. The monoisotopic (exact) mass is 237 g/mol. The van der Waals surface area contributed by atoms with Gasteiger partial charge in [-0.1, -0.05) is 0 Å². The van der Waals surface area contributed by atoms with E-state index < -0.39 is 0 Å². The fraction of sp³-hybridized carbons (Fsp3) is 0.889. The molecule has 14 heavy (non-hydrogen) atoms. The molecule has 3 nitrogen and oxygen atoms in total. The van der Waals surface area contributed by atoms with Crippen LogP contribution in [-0.4, -0.2) is 54.5 Å². The maximum absolute atomic E-state index is 11.5. The lowest BCUT2D eigenvalue weighted by molar-refractivity contribution is -0.131. The molecule has 1 rings (SSSR count). The molecule has 0 spiro atoms. The molecule has 82 valence electrons. The summed E-state index contributed by atoms with van der Waals surface area (Å²) in [5.41, 5.74) is 0. The molecule has 0 aromatic carbocycles. The minimum atomic E-state index is 0.0243.